The van der Waals surface area contributed by atoms with Gasteiger partial charge in [0.05, 0.1) is 26.2 Å². The van der Waals surface area contributed by atoms with Crippen molar-refractivity contribution in [3.8, 4) is 0 Å². The summed E-state index contributed by atoms with van der Waals surface area (Å²) in [5.74, 6) is -2.37. The molecule has 0 aromatic carbocycles. The number of unbranched alkanes of at least 4 members (excludes halogenated alkanes) is 8. The number of hydrogen-bond donors (Lipinski definition) is 1. The molecule has 0 radical (unpaired) electrons. The maximum atomic E-state index is 11.9. The summed E-state index contributed by atoms with van der Waals surface area (Å²) in [7, 11) is -5.13. The molecule has 2 unspecified atom stereocenters. The molecule has 0 aliphatic carbocycles. The first kappa shape index (κ1) is 33.7. The van der Waals surface area contributed by atoms with Gasteiger partial charge in [0, 0.05) is 0 Å². The number of rotatable bonds is 20. The number of esters is 2. The Labute approximate surface area is 214 Å². The van der Waals surface area contributed by atoms with Crippen LogP contribution in [0.4, 0.5) is 0 Å². The summed E-state index contributed by atoms with van der Waals surface area (Å²) in [6.07, 6.45) is 9.08. The molecule has 182 valence electrons. The average Bonchev–Trinajstić information content (AvgIpc) is 2.71. The summed E-state index contributed by atoms with van der Waals surface area (Å²) in [5.41, 5.74) is 0. The van der Waals surface area contributed by atoms with Gasteiger partial charge in [0.1, 0.15) is 22.8 Å². The van der Waals surface area contributed by atoms with E-state index in [1.807, 2.05) is 0 Å². The third kappa shape index (κ3) is 19.0. The van der Waals surface area contributed by atoms with Gasteiger partial charge in [0.2, 0.25) is 0 Å². The Bertz CT molecular complexity index is 610. The molecule has 0 amide bonds. The van der Waals surface area contributed by atoms with Crippen molar-refractivity contribution in [3.05, 3.63) is 12.7 Å². The fourth-order valence-corrected chi connectivity index (χ4v) is 3.36. The Morgan fingerprint density at radius 2 is 1.56 bits per heavy atom. The summed E-state index contributed by atoms with van der Waals surface area (Å²) < 4.78 is 48.6. The van der Waals surface area contributed by atoms with Crippen LogP contribution < -0.4 is 29.6 Å². The van der Waals surface area contributed by atoms with Crippen molar-refractivity contribution in [1.29, 1.82) is 0 Å². The van der Waals surface area contributed by atoms with Gasteiger partial charge in [0.25, 0.3) is 0 Å². The molecule has 1 N–H and O–H groups in total. The molecule has 0 spiro atoms. The molecule has 0 aliphatic heterocycles. The number of carbonyl (C=O) groups excluding carboxylic acids is 2. The van der Waals surface area contributed by atoms with Gasteiger partial charge < -0.3 is 23.9 Å². The second kappa shape index (κ2) is 21.1. The van der Waals surface area contributed by atoms with E-state index in [1.54, 1.807) is 0 Å². The first-order valence-corrected chi connectivity index (χ1v) is 12.3. The number of aliphatic hydroxyl groups is 1. The molecule has 0 fully saturated rings. The van der Waals surface area contributed by atoms with Crippen LogP contribution in [0, 0.1) is 0 Å². The summed E-state index contributed by atoms with van der Waals surface area (Å²) >= 11 is 0. The second-order valence-corrected chi connectivity index (χ2v) is 8.90. The Hall–Kier alpha value is -0.490. The SMILES string of the molecule is C=CCOCC(O)COC(=O)C(CC(=O)OCCCCCCCCCCC)S(=O)(=O)[O-].[Na+]. The fraction of sp³-hybridized carbons (Fsp3) is 0.810. The Morgan fingerprint density at radius 1 is 1.00 bits per heavy atom. The normalized spacial score (nSPS) is 13.0. The molecule has 0 aliphatic rings. The van der Waals surface area contributed by atoms with Crippen LogP contribution in [0.3, 0.4) is 0 Å². The van der Waals surface area contributed by atoms with Gasteiger partial charge in [-0.15, -0.1) is 6.58 Å². The first-order valence-electron chi connectivity index (χ1n) is 10.9. The summed E-state index contributed by atoms with van der Waals surface area (Å²) in [4.78, 5) is 23.8. The van der Waals surface area contributed by atoms with E-state index in [0.717, 1.165) is 19.3 Å². The van der Waals surface area contributed by atoms with E-state index in [9.17, 15) is 27.7 Å². The van der Waals surface area contributed by atoms with Gasteiger partial charge in [-0.3, -0.25) is 9.59 Å². The van der Waals surface area contributed by atoms with Crippen LogP contribution in [0.5, 0.6) is 0 Å². The summed E-state index contributed by atoms with van der Waals surface area (Å²) in [6.45, 7) is 5.12. The molecule has 0 saturated carbocycles. The van der Waals surface area contributed by atoms with E-state index < -0.39 is 46.4 Å². The van der Waals surface area contributed by atoms with Crippen LogP contribution >= 0.6 is 0 Å². The van der Waals surface area contributed by atoms with E-state index in [0.29, 0.717) is 6.42 Å². The van der Waals surface area contributed by atoms with Crippen LogP contribution in [-0.4, -0.2) is 67.8 Å². The average molecular weight is 489 g/mol. The molecule has 0 bridgehead atoms. The van der Waals surface area contributed by atoms with Gasteiger partial charge >= 0.3 is 41.5 Å². The van der Waals surface area contributed by atoms with Crippen LogP contribution in [0.25, 0.3) is 0 Å². The van der Waals surface area contributed by atoms with Crippen molar-refractivity contribution in [1.82, 2.24) is 0 Å². The van der Waals surface area contributed by atoms with E-state index in [-0.39, 0.29) is 49.4 Å². The number of carbonyl (C=O) groups is 2. The van der Waals surface area contributed by atoms with Crippen molar-refractivity contribution < 1.29 is 71.4 Å². The monoisotopic (exact) mass is 488 g/mol. The third-order valence-electron chi connectivity index (χ3n) is 4.44. The second-order valence-electron chi connectivity index (χ2n) is 7.34. The molecule has 2 atom stereocenters. The summed E-state index contributed by atoms with van der Waals surface area (Å²) in [5, 5.41) is 7.38. The number of ether oxygens (including phenoxy) is 3. The zero-order valence-corrected chi connectivity index (χ0v) is 22.3. The first-order chi connectivity index (χ1) is 14.7. The van der Waals surface area contributed by atoms with Gasteiger partial charge in [-0.25, -0.2) is 8.42 Å². The van der Waals surface area contributed by atoms with Crippen molar-refractivity contribution >= 4 is 22.1 Å². The largest absolute Gasteiger partial charge is 1.00 e. The predicted molar refractivity (Wildman–Crippen MR) is 114 cm³/mol. The molecule has 0 aromatic rings. The standard InChI is InChI=1S/C21H38O9S.Na/c1-3-5-6-7-8-9-10-11-12-14-29-20(23)15-19(31(25,26)27)21(24)30-17-18(22)16-28-13-4-2;/h4,18-19,22H,2-3,5-17H2,1H3,(H,25,26,27);/q;+1/p-1. The van der Waals surface area contributed by atoms with Crippen LogP contribution in [0.15, 0.2) is 12.7 Å². The minimum Gasteiger partial charge on any atom is -0.747 e. The smallest absolute Gasteiger partial charge is 0.747 e. The van der Waals surface area contributed by atoms with E-state index >= 15 is 0 Å². The van der Waals surface area contributed by atoms with Gasteiger partial charge in [-0.1, -0.05) is 64.4 Å². The van der Waals surface area contributed by atoms with Gasteiger partial charge in [-0.05, 0) is 6.42 Å². The molecule has 11 heteroatoms. The fourth-order valence-electron chi connectivity index (χ4n) is 2.72. The Balaban J connectivity index is 0. The third-order valence-corrected chi connectivity index (χ3v) is 5.49. The number of aliphatic hydroxyl groups excluding tert-OH is 1. The van der Waals surface area contributed by atoms with Crippen LogP contribution in [0.2, 0.25) is 0 Å². The Kier molecular flexibility index (Phi) is 22.2. The van der Waals surface area contributed by atoms with E-state index in [4.69, 9.17) is 9.47 Å². The van der Waals surface area contributed by atoms with Crippen molar-refractivity contribution in [2.75, 3.05) is 26.4 Å². The topological polar surface area (TPSA) is 139 Å². The predicted octanol–water partition coefficient (Wildman–Crippen LogP) is -0.525. The minimum absolute atomic E-state index is 0. The summed E-state index contributed by atoms with van der Waals surface area (Å²) in [6, 6.07) is 0. The van der Waals surface area contributed by atoms with Crippen molar-refractivity contribution in [2.45, 2.75) is 82.5 Å². The molecule has 9 nitrogen and oxygen atoms in total. The van der Waals surface area contributed by atoms with Gasteiger partial charge in [-0.2, -0.15) is 0 Å². The van der Waals surface area contributed by atoms with Crippen LogP contribution in [-0.2, 0) is 33.9 Å². The maximum absolute atomic E-state index is 11.9. The van der Waals surface area contributed by atoms with E-state index in [1.165, 1.54) is 38.2 Å². The zero-order chi connectivity index (χ0) is 23.5. The molecule has 0 aromatic heterocycles. The Morgan fingerprint density at radius 3 is 2.09 bits per heavy atom. The van der Waals surface area contributed by atoms with E-state index in [2.05, 4.69) is 18.2 Å². The quantitative estimate of drug-likeness (QED) is 0.0788. The zero-order valence-electron chi connectivity index (χ0n) is 19.5. The molecule has 0 heterocycles. The van der Waals surface area contributed by atoms with Crippen LogP contribution in [0.1, 0.15) is 71.1 Å². The molecular formula is C21H37NaO9S. The molecular weight excluding hydrogens is 451 g/mol. The van der Waals surface area contributed by atoms with Gasteiger partial charge in [0.15, 0.2) is 5.25 Å². The maximum Gasteiger partial charge on any atom is 1.00 e. The molecule has 32 heavy (non-hydrogen) atoms. The molecule has 0 rings (SSSR count). The number of hydrogen-bond acceptors (Lipinski definition) is 9. The van der Waals surface area contributed by atoms with Crippen molar-refractivity contribution in [2.24, 2.45) is 0 Å². The molecule has 0 saturated heterocycles. The minimum atomic E-state index is -5.13. The van der Waals surface area contributed by atoms with Crippen molar-refractivity contribution in [3.63, 3.8) is 0 Å².